The van der Waals surface area contributed by atoms with Gasteiger partial charge in [0, 0.05) is 35.1 Å². The van der Waals surface area contributed by atoms with E-state index in [0.29, 0.717) is 23.1 Å². The molecule has 0 amide bonds. The van der Waals surface area contributed by atoms with Crippen molar-refractivity contribution in [3.05, 3.63) is 52.3 Å². The Hall–Kier alpha value is -1.81. The van der Waals surface area contributed by atoms with E-state index in [0.717, 1.165) is 33.5 Å². The van der Waals surface area contributed by atoms with E-state index < -0.39 is 15.8 Å². The van der Waals surface area contributed by atoms with Crippen molar-refractivity contribution in [3.63, 3.8) is 0 Å². The van der Waals surface area contributed by atoms with Gasteiger partial charge < -0.3 is 10.2 Å². The van der Waals surface area contributed by atoms with Gasteiger partial charge in [-0.05, 0) is 50.0 Å². The van der Waals surface area contributed by atoms with Gasteiger partial charge in [-0.3, -0.25) is 0 Å². The summed E-state index contributed by atoms with van der Waals surface area (Å²) < 4.78 is 40.8. The molecule has 28 heavy (non-hydrogen) atoms. The van der Waals surface area contributed by atoms with E-state index in [-0.39, 0.29) is 5.56 Å². The molecule has 150 valence electrons. The Morgan fingerprint density at radius 2 is 2.00 bits per heavy atom. The minimum atomic E-state index is -3.63. The first-order valence-corrected chi connectivity index (χ1v) is 11.4. The summed E-state index contributed by atoms with van der Waals surface area (Å²) in [5.74, 6) is -0.428. The highest BCUT2D eigenvalue weighted by atomic mass is 79.9. The number of nitrogens with zero attached hydrogens (tertiary/aromatic N) is 3. The summed E-state index contributed by atoms with van der Waals surface area (Å²) >= 11 is 3.34. The normalized spacial score (nSPS) is 12.2. The van der Waals surface area contributed by atoms with E-state index >= 15 is 0 Å². The van der Waals surface area contributed by atoms with Crippen molar-refractivity contribution in [1.82, 2.24) is 19.4 Å². The molecule has 1 N–H and O–H groups in total. The zero-order chi connectivity index (χ0) is 20.5. The third kappa shape index (κ3) is 4.43. The lowest BCUT2D eigenvalue weighted by molar-refractivity contribution is 0.327. The summed E-state index contributed by atoms with van der Waals surface area (Å²) in [7, 11) is 0.235. The predicted molar refractivity (Wildman–Crippen MR) is 113 cm³/mol. The van der Waals surface area contributed by atoms with E-state index in [1.807, 2.05) is 20.2 Å². The van der Waals surface area contributed by atoms with Gasteiger partial charge in [-0.1, -0.05) is 22.0 Å². The maximum atomic E-state index is 14.9. The third-order valence-electron chi connectivity index (χ3n) is 4.41. The molecular formula is C19H22BrFN4O2S. The van der Waals surface area contributed by atoms with E-state index in [2.05, 4.69) is 31.2 Å². The van der Waals surface area contributed by atoms with Crippen LogP contribution in [0.3, 0.4) is 0 Å². The summed E-state index contributed by atoms with van der Waals surface area (Å²) in [4.78, 5) is 2.09. The van der Waals surface area contributed by atoms with Crippen molar-refractivity contribution in [1.29, 1.82) is 0 Å². The van der Waals surface area contributed by atoms with Crippen LogP contribution in [0, 0.1) is 5.82 Å². The van der Waals surface area contributed by atoms with Crippen molar-refractivity contribution in [2.75, 3.05) is 33.4 Å². The van der Waals surface area contributed by atoms with Crippen LogP contribution in [0.2, 0.25) is 0 Å². The lowest BCUT2D eigenvalue weighted by Crippen LogP contribution is -2.26. The second kappa shape index (κ2) is 8.28. The standard InChI is InChI=1S/C19H22BrFN4O2S/c1-22-8-9-24(2)12-13-4-6-15(17(21)10-13)19-16-7-5-14(20)11-18(16)25(23-19)28(3,26)27/h4-7,10-11,22H,8-9,12H2,1-3H3. The summed E-state index contributed by atoms with van der Waals surface area (Å²) in [5, 5.41) is 7.87. The Kier molecular flexibility index (Phi) is 6.18. The van der Waals surface area contributed by atoms with Gasteiger partial charge in [0.2, 0.25) is 0 Å². The smallest absolute Gasteiger partial charge is 0.251 e. The van der Waals surface area contributed by atoms with Crippen LogP contribution in [0.4, 0.5) is 4.39 Å². The average Bonchev–Trinajstić information content (AvgIpc) is 2.99. The number of aromatic nitrogens is 2. The fourth-order valence-electron chi connectivity index (χ4n) is 3.06. The topological polar surface area (TPSA) is 67.2 Å². The number of hydrogen-bond acceptors (Lipinski definition) is 5. The molecule has 0 aliphatic carbocycles. The quantitative estimate of drug-likeness (QED) is 0.576. The first kappa shape index (κ1) is 20.9. The highest BCUT2D eigenvalue weighted by Crippen LogP contribution is 2.32. The molecule has 0 saturated carbocycles. The summed E-state index contributed by atoms with van der Waals surface area (Å²) in [6.45, 7) is 2.31. The van der Waals surface area contributed by atoms with E-state index in [9.17, 15) is 12.8 Å². The molecule has 2 aromatic carbocycles. The van der Waals surface area contributed by atoms with Gasteiger partial charge in [0.05, 0.1) is 11.8 Å². The average molecular weight is 469 g/mol. The Morgan fingerprint density at radius 1 is 1.25 bits per heavy atom. The largest absolute Gasteiger partial charge is 0.318 e. The third-order valence-corrected chi connectivity index (χ3v) is 5.81. The van der Waals surface area contributed by atoms with Crippen molar-refractivity contribution >= 4 is 36.9 Å². The highest BCUT2D eigenvalue weighted by molar-refractivity contribution is 9.10. The van der Waals surface area contributed by atoms with Crippen molar-refractivity contribution < 1.29 is 12.8 Å². The second-order valence-electron chi connectivity index (χ2n) is 6.77. The van der Waals surface area contributed by atoms with E-state index in [4.69, 9.17) is 0 Å². The number of benzene rings is 2. The van der Waals surface area contributed by atoms with Crippen LogP contribution in [0.5, 0.6) is 0 Å². The molecule has 0 saturated heterocycles. The minimum Gasteiger partial charge on any atom is -0.318 e. The van der Waals surface area contributed by atoms with Gasteiger partial charge >= 0.3 is 0 Å². The molecule has 0 aliphatic heterocycles. The predicted octanol–water partition coefficient (Wildman–Crippen LogP) is 3.06. The SMILES string of the molecule is CNCCN(C)Cc1ccc(-c2nn(S(C)(=O)=O)c3cc(Br)ccc23)c(F)c1. The van der Waals surface area contributed by atoms with Crippen molar-refractivity contribution in [2.24, 2.45) is 0 Å². The number of hydrogen-bond donors (Lipinski definition) is 1. The Labute approximate surface area is 172 Å². The molecule has 0 spiro atoms. The van der Waals surface area contributed by atoms with Crippen molar-refractivity contribution in [3.8, 4) is 11.3 Å². The number of nitrogens with one attached hydrogen (secondary N) is 1. The van der Waals surface area contributed by atoms with Crippen LogP contribution in [0.15, 0.2) is 40.9 Å². The van der Waals surface area contributed by atoms with Crippen LogP contribution in [0.25, 0.3) is 22.2 Å². The molecule has 0 radical (unpaired) electrons. The molecule has 0 bridgehead atoms. The molecule has 0 aliphatic rings. The number of likely N-dealkylation sites (N-methyl/N-ethyl adjacent to an activating group) is 2. The zero-order valence-electron chi connectivity index (χ0n) is 15.9. The Morgan fingerprint density at radius 3 is 2.64 bits per heavy atom. The summed E-state index contributed by atoms with van der Waals surface area (Å²) in [5.41, 5.74) is 1.83. The molecule has 9 heteroatoms. The number of fused-ring (bicyclic) bond motifs is 1. The fourth-order valence-corrected chi connectivity index (χ4v) is 4.14. The van der Waals surface area contributed by atoms with Crippen LogP contribution in [0.1, 0.15) is 5.56 Å². The molecule has 1 heterocycles. The lowest BCUT2D eigenvalue weighted by Gasteiger charge is -2.16. The fraction of sp³-hybridized carbons (Fsp3) is 0.316. The summed E-state index contributed by atoms with van der Waals surface area (Å²) in [6.07, 6.45) is 1.07. The first-order chi connectivity index (χ1) is 13.2. The van der Waals surface area contributed by atoms with Gasteiger partial charge in [0.15, 0.2) is 0 Å². The second-order valence-corrected chi connectivity index (χ2v) is 9.50. The Bertz CT molecular complexity index is 1110. The molecular weight excluding hydrogens is 447 g/mol. The van der Waals surface area contributed by atoms with Gasteiger partial charge in [0.25, 0.3) is 10.0 Å². The number of halogens is 2. The highest BCUT2D eigenvalue weighted by Gasteiger charge is 2.20. The van der Waals surface area contributed by atoms with Crippen LogP contribution in [-0.4, -0.2) is 55.9 Å². The van der Waals surface area contributed by atoms with Crippen LogP contribution >= 0.6 is 15.9 Å². The monoisotopic (exact) mass is 468 g/mol. The van der Waals surface area contributed by atoms with Gasteiger partial charge in [-0.25, -0.2) is 12.8 Å². The van der Waals surface area contributed by atoms with Crippen LogP contribution in [-0.2, 0) is 16.6 Å². The molecule has 3 aromatic rings. The van der Waals surface area contributed by atoms with E-state index in [1.54, 1.807) is 24.3 Å². The van der Waals surface area contributed by atoms with E-state index in [1.165, 1.54) is 6.07 Å². The molecule has 1 aromatic heterocycles. The molecule has 3 rings (SSSR count). The Balaban J connectivity index is 2.03. The minimum absolute atomic E-state index is 0.274. The summed E-state index contributed by atoms with van der Waals surface area (Å²) in [6, 6.07) is 10.2. The molecule has 0 atom stereocenters. The van der Waals surface area contributed by atoms with Gasteiger partial charge in [0.1, 0.15) is 11.5 Å². The van der Waals surface area contributed by atoms with Gasteiger partial charge in [-0.2, -0.15) is 9.19 Å². The zero-order valence-corrected chi connectivity index (χ0v) is 18.3. The molecule has 0 fully saturated rings. The molecule has 6 nitrogen and oxygen atoms in total. The first-order valence-electron chi connectivity index (χ1n) is 8.71. The number of rotatable bonds is 7. The molecule has 0 unspecified atom stereocenters. The van der Waals surface area contributed by atoms with Crippen molar-refractivity contribution in [2.45, 2.75) is 6.54 Å². The maximum Gasteiger partial charge on any atom is 0.251 e. The maximum absolute atomic E-state index is 14.9. The van der Waals surface area contributed by atoms with Crippen LogP contribution < -0.4 is 5.32 Å². The van der Waals surface area contributed by atoms with Gasteiger partial charge in [-0.15, -0.1) is 0 Å². The lowest BCUT2D eigenvalue weighted by atomic mass is 10.0.